The van der Waals surface area contributed by atoms with E-state index in [1.807, 2.05) is 0 Å². The zero-order valence-electron chi connectivity index (χ0n) is 13.7. The van der Waals surface area contributed by atoms with Gasteiger partial charge in [0, 0.05) is 6.54 Å². The molecule has 1 aromatic carbocycles. The zero-order valence-corrected chi connectivity index (χ0v) is 13.7. The molecule has 0 aliphatic heterocycles. The molecule has 0 radical (unpaired) electrons. The molecule has 1 atom stereocenters. The minimum absolute atomic E-state index is 0.294. The summed E-state index contributed by atoms with van der Waals surface area (Å²) in [5.74, 6) is 0.980. The first-order valence-electron chi connectivity index (χ1n) is 8.09. The van der Waals surface area contributed by atoms with Gasteiger partial charge in [0.25, 0.3) is 0 Å². The molecule has 0 bridgehead atoms. The third-order valence-electron chi connectivity index (χ3n) is 3.68. The highest BCUT2D eigenvalue weighted by molar-refractivity contribution is 5.27. The van der Waals surface area contributed by atoms with Crippen LogP contribution in [0.4, 0.5) is 0 Å². The summed E-state index contributed by atoms with van der Waals surface area (Å²) >= 11 is 0. The fourth-order valence-corrected chi connectivity index (χ4v) is 2.19. The Kier molecular flexibility index (Phi) is 8.36. The van der Waals surface area contributed by atoms with E-state index in [9.17, 15) is 0 Å². The molecule has 0 spiro atoms. The van der Waals surface area contributed by atoms with Crippen molar-refractivity contribution in [2.45, 2.75) is 65.5 Å². The number of benzene rings is 1. The van der Waals surface area contributed by atoms with Gasteiger partial charge in [-0.15, -0.1) is 0 Å². The Morgan fingerprint density at radius 2 is 1.75 bits per heavy atom. The Balaban J connectivity index is 2.33. The minimum atomic E-state index is 0.294. The van der Waals surface area contributed by atoms with Gasteiger partial charge in [0.15, 0.2) is 0 Å². The number of hydrogen-bond donors (Lipinski definition) is 0. The standard InChI is InChI=1S/C18H31NO/c1-5-7-8-9-14-19(4)15-17-10-12-18(13-11-17)20-16(3)6-2/h10-13,16H,5-9,14-15H2,1-4H3. The summed E-state index contributed by atoms with van der Waals surface area (Å²) in [7, 11) is 2.20. The molecule has 0 N–H and O–H groups in total. The van der Waals surface area contributed by atoms with Crippen LogP contribution in [0.15, 0.2) is 24.3 Å². The maximum absolute atomic E-state index is 5.80. The summed E-state index contributed by atoms with van der Waals surface area (Å²) in [6.45, 7) is 8.72. The summed E-state index contributed by atoms with van der Waals surface area (Å²) in [4.78, 5) is 2.40. The van der Waals surface area contributed by atoms with E-state index in [1.165, 1.54) is 37.8 Å². The van der Waals surface area contributed by atoms with Crippen LogP contribution in [0.2, 0.25) is 0 Å². The molecule has 0 saturated heterocycles. The molecule has 0 amide bonds. The Hall–Kier alpha value is -1.02. The van der Waals surface area contributed by atoms with Crippen molar-refractivity contribution in [1.29, 1.82) is 0 Å². The van der Waals surface area contributed by atoms with Crippen LogP contribution in [0.3, 0.4) is 0 Å². The van der Waals surface area contributed by atoms with Crippen molar-refractivity contribution < 1.29 is 4.74 Å². The van der Waals surface area contributed by atoms with Gasteiger partial charge in [0.05, 0.1) is 6.10 Å². The lowest BCUT2D eigenvalue weighted by Gasteiger charge is -2.17. The highest BCUT2D eigenvalue weighted by Crippen LogP contribution is 2.16. The summed E-state index contributed by atoms with van der Waals surface area (Å²) < 4.78 is 5.80. The van der Waals surface area contributed by atoms with Crippen molar-refractivity contribution in [1.82, 2.24) is 4.90 Å². The molecule has 114 valence electrons. The van der Waals surface area contributed by atoms with Crippen LogP contribution in [-0.2, 0) is 6.54 Å². The quantitative estimate of drug-likeness (QED) is 0.565. The van der Waals surface area contributed by atoms with Gasteiger partial charge in [0.1, 0.15) is 5.75 Å². The fraction of sp³-hybridized carbons (Fsp3) is 0.667. The molecule has 0 aromatic heterocycles. The maximum Gasteiger partial charge on any atom is 0.119 e. The number of hydrogen-bond acceptors (Lipinski definition) is 2. The molecule has 1 unspecified atom stereocenters. The van der Waals surface area contributed by atoms with Crippen LogP contribution >= 0.6 is 0 Å². The molecular formula is C18H31NO. The van der Waals surface area contributed by atoms with Crippen molar-refractivity contribution >= 4 is 0 Å². The predicted octanol–water partition coefficient (Wildman–Crippen LogP) is 4.88. The summed E-state index contributed by atoms with van der Waals surface area (Å²) in [6.07, 6.45) is 6.66. The molecule has 0 heterocycles. The topological polar surface area (TPSA) is 12.5 Å². The van der Waals surface area contributed by atoms with Gasteiger partial charge in [-0.05, 0) is 51.1 Å². The lowest BCUT2D eigenvalue weighted by Crippen LogP contribution is -2.19. The predicted molar refractivity (Wildman–Crippen MR) is 87.3 cm³/mol. The maximum atomic E-state index is 5.80. The van der Waals surface area contributed by atoms with E-state index >= 15 is 0 Å². The van der Waals surface area contributed by atoms with Crippen LogP contribution in [0.25, 0.3) is 0 Å². The average molecular weight is 277 g/mol. The van der Waals surface area contributed by atoms with Gasteiger partial charge in [0.2, 0.25) is 0 Å². The van der Waals surface area contributed by atoms with Gasteiger partial charge >= 0.3 is 0 Å². The molecule has 2 heteroatoms. The third-order valence-corrected chi connectivity index (χ3v) is 3.68. The van der Waals surface area contributed by atoms with E-state index < -0.39 is 0 Å². The number of nitrogens with zero attached hydrogens (tertiary/aromatic N) is 1. The van der Waals surface area contributed by atoms with Crippen molar-refractivity contribution in [3.05, 3.63) is 29.8 Å². The molecule has 1 aromatic rings. The van der Waals surface area contributed by atoms with Gasteiger partial charge in [-0.2, -0.15) is 0 Å². The number of ether oxygens (including phenoxy) is 1. The van der Waals surface area contributed by atoms with E-state index in [1.54, 1.807) is 0 Å². The Labute approximate surface area is 125 Å². The fourth-order valence-electron chi connectivity index (χ4n) is 2.19. The van der Waals surface area contributed by atoms with Gasteiger partial charge in [-0.25, -0.2) is 0 Å². The molecular weight excluding hydrogens is 246 g/mol. The largest absolute Gasteiger partial charge is 0.491 e. The van der Waals surface area contributed by atoms with Crippen LogP contribution < -0.4 is 4.74 Å². The third kappa shape index (κ3) is 6.95. The first-order chi connectivity index (χ1) is 9.65. The summed E-state index contributed by atoms with van der Waals surface area (Å²) in [6, 6.07) is 8.54. The summed E-state index contributed by atoms with van der Waals surface area (Å²) in [5.41, 5.74) is 1.36. The molecule has 0 aliphatic rings. The van der Waals surface area contributed by atoms with Crippen molar-refractivity contribution in [2.24, 2.45) is 0 Å². The number of rotatable bonds is 10. The van der Waals surface area contributed by atoms with Gasteiger partial charge in [-0.3, -0.25) is 0 Å². The second-order valence-electron chi connectivity index (χ2n) is 5.78. The minimum Gasteiger partial charge on any atom is -0.491 e. The lowest BCUT2D eigenvalue weighted by atomic mass is 10.1. The Morgan fingerprint density at radius 1 is 1.05 bits per heavy atom. The number of unbranched alkanes of at least 4 members (excludes halogenated alkanes) is 3. The highest BCUT2D eigenvalue weighted by Gasteiger charge is 2.03. The molecule has 0 fully saturated rings. The zero-order chi connectivity index (χ0) is 14.8. The molecule has 0 saturated carbocycles. The molecule has 0 aliphatic carbocycles. The second-order valence-corrected chi connectivity index (χ2v) is 5.78. The van der Waals surface area contributed by atoms with Crippen LogP contribution in [-0.4, -0.2) is 24.6 Å². The van der Waals surface area contributed by atoms with Crippen LogP contribution in [0.1, 0.15) is 58.4 Å². The molecule has 2 nitrogen and oxygen atoms in total. The van der Waals surface area contributed by atoms with Crippen LogP contribution in [0.5, 0.6) is 5.75 Å². The van der Waals surface area contributed by atoms with E-state index in [4.69, 9.17) is 4.74 Å². The van der Waals surface area contributed by atoms with Crippen molar-refractivity contribution in [2.75, 3.05) is 13.6 Å². The smallest absolute Gasteiger partial charge is 0.119 e. The van der Waals surface area contributed by atoms with Crippen molar-refractivity contribution in [3.8, 4) is 5.75 Å². The summed E-state index contributed by atoms with van der Waals surface area (Å²) in [5, 5.41) is 0. The first-order valence-corrected chi connectivity index (χ1v) is 8.09. The van der Waals surface area contributed by atoms with E-state index in [0.29, 0.717) is 6.10 Å². The average Bonchev–Trinajstić information content (AvgIpc) is 2.45. The first kappa shape index (κ1) is 17.0. The van der Waals surface area contributed by atoms with E-state index in [0.717, 1.165) is 18.7 Å². The lowest BCUT2D eigenvalue weighted by molar-refractivity contribution is 0.217. The van der Waals surface area contributed by atoms with Crippen LogP contribution in [0, 0.1) is 0 Å². The SMILES string of the molecule is CCCCCCN(C)Cc1ccc(OC(C)CC)cc1. The highest BCUT2D eigenvalue weighted by atomic mass is 16.5. The Bertz CT molecular complexity index is 347. The molecule has 1 rings (SSSR count). The van der Waals surface area contributed by atoms with E-state index in [-0.39, 0.29) is 0 Å². The second kappa shape index (κ2) is 9.82. The van der Waals surface area contributed by atoms with E-state index in [2.05, 4.69) is 57.0 Å². The van der Waals surface area contributed by atoms with Gasteiger partial charge in [-0.1, -0.05) is 45.2 Å². The normalized spacial score (nSPS) is 12.7. The van der Waals surface area contributed by atoms with Gasteiger partial charge < -0.3 is 9.64 Å². The van der Waals surface area contributed by atoms with Crippen molar-refractivity contribution in [3.63, 3.8) is 0 Å². The monoisotopic (exact) mass is 277 g/mol. The molecule has 20 heavy (non-hydrogen) atoms. The Morgan fingerprint density at radius 3 is 2.35 bits per heavy atom.